The van der Waals surface area contributed by atoms with Crippen LogP contribution in [0.2, 0.25) is 5.02 Å². The first kappa shape index (κ1) is 35.1. The van der Waals surface area contributed by atoms with E-state index in [4.69, 9.17) is 26.5 Å². The summed E-state index contributed by atoms with van der Waals surface area (Å²) < 4.78 is 11.2. The van der Waals surface area contributed by atoms with Gasteiger partial charge in [-0.1, -0.05) is 35.9 Å². The number of carbonyl (C=O) groups excluding carboxylic acids is 1. The molecule has 0 radical (unpaired) electrons. The van der Waals surface area contributed by atoms with Gasteiger partial charge >= 0.3 is 5.97 Å². The monoisotopic (exact) mass is 726 g/mol. The number of phenolic OH excluding ortho intramolecular Hbond substituents is 1. The quantitative estimate of drug-likeness (QED) is 0.0987. The lowest BCUT2D eigenvalue weighted by molar-refractivity contribution is 0.0587. The number of halogens is 1. The Bertz CT molecular complexity index is 2260. The van der Waals surface area contributed by atoms with Crippen LogP contribution < -0.4 is 0 Å². The van der Waals surface area contributed by atoms with Crippen molar-refractivity contribution in [3.05, 3.63) is 93.7 Å². The van der Waals surface area contributed by atoms with Gasteiger partial charge in [0, 0.05) is 94.3 Å². The molecule has 7 rings (SSSR count). The number of fused-ring (bicyclic) bond motifs is 3. The third kappa shape index (κ3) is 6.75. The first-order valence-corrected chi connectivity index (χ1v) is 18.7. The second-order valence-electron chi connectivity index (χ2n) is 13.3. The molecule has 1 aliphatic rings. The van der Waals surface area contributed by atoms with Crippen molar-refractivity contribution in [1.82, 2.24) is 29.0 Å². The van der Waals surface area contributed by atoms with Crippen LogP contribution in [0.25, 0.3) is 32.8 Å². The maximum absolute atomic E-state index is 13.1. The number of phenols is 1. The number of carbonyl (C=O) groups is 1. The van der Waals surface area contributed by atoms with E-state index in [0.717, 1.165) is 97.6 Å². The van der Waals surface area contributed by atoms with Crippen LogP contribution in [-0.4, -0.2) is 66.0 Å². The van der Waals surface area contributed by atoms with Gasteiger partial charge in [0.05, 0.1) is 18.5 Å². The maximum Gasteiger partial charge on any atom is 0.354 e. The molecule has 0 fully saturated rings. The Morgan fingerprint density at radius 3 is 2.71 bits per heavy atom. The van der Waals surface area contributed by atoms with E-state index in [1.54, 1.807) is 11.8 Å². The molecule has 2 N–H and O–H groups in total. The minimum Gasteiger partial charge on any atom is -0.507 e. The summed E-state index contributed by atoms with van der Waals surface area (Å²) in [5, 5.41) is 33.6. The molecule has 1 aliphatic heterocycles. The molecule has 10 nitrogen and oxygen atoms in total. The number of methoxy groups -OCH3 is 1. The Hall–Kier alpha value is -4.29. The van der Waals surface area contributed by atoms with Crippen LogP contribution in [-0.2, 0) is 50.1 Å². The Morgan fingerprint density at radius 2 is 1.90 bits per heavy atom. The van der Waals surface area contributed by atoms with Gasteiger partial charge in [-0.15, -0.1) is 11.8 Å². The van der Waals surface area contributed by atoms with E-state index in [9.17, 15) is 15.0 Å². The number of esters is 1. The van der Waals surface area contributed by atoms with Crippen molar-refractivity contribution in [1.29, 1.82) is 0 Å². The number of ether oxygens (including phenoxy) is 1. The third-order valence-electron chi connectivity index (χ3n) is 9.83. The van der Waals surface area contributed by atoms with Crippen molar-refractivity contribution in [3.8, 4) is 16.9 Å². The zero-order chi connectivity index (χ0) is 35.8. The highest BCUT2D eigenvalue weighted by molar-refractivity contribution is 7.98. The van der Waals surface area contributed by atoms with Crippen LogP contribution in [0.15, 0.2) is 59.5 Å². The lowest BCUT2D eigenvalue weighted by atomic mass is 9.94. The normalized spacial score (nSPS) is 13.1. The molecule has 0 saturated carbocycles. The number of hydrogen-bond acceptors (Lipinski definition) is 8. The number of rotatable bonds is 12. The van der Waals surface area contributed by atoms with E-state index in [-0.39, 0.29) is 6.61 Å². The first-order valence-electron chi connectivity index (χ1n) is 17.3. The summed E-state index contributed by atoms with van der Waals surface area (Å²) in [6.45, 7) is 4.48. The van der Waals surface area contributed by atoms with Crippen LogP contribution in [0, 0.1) is 6.92 Å². The lowest BCUT2D eigenvalue weighted by Crippen LogP contribution is -2.18. The predicted octanol–water partition coefficient (Wildman–Crippen LogP) is 7.49. The molecule has 266 valence electrons. The number of aryl methyl sites for hydroxylation is 4. The highest BCUT2D eigenvalue weighted by Crippen LogP contribution is 2.44. The van der Waals surface area contributed by atoms with Crippen molar-refractivity contribution in [2.24, 2.45) is 7.05 Å². The van der Waals surface area contributed by atoms with E-state index >= 15 is 0 Å². The Morgan fingerprint density at radius 1 is 1.08 bits per heavy atom. The zero-order valence-corrected chi connectivity index (χ0v) is 31.0. The van der Waals surface area contributed by atoms with Gasteiger partial charge in [-0.2, -0.15) is 10.2 Å². The highest BCUT2D eigenvalue weighted by Gasteiger charge is 2.30. The van der Waals surface area contributed by atoms with Crippen molar-refractivity contribution >= 4 is 51.0 Å². The molecular weight excluding hydrogens is 684 g/mol. The molecule has 0 unspecified atom stereocenters. The van der Waals surface area contributed by atoms with Crippen molar-refractivity contribution in [2.45, 2.75) is 69.4 Å². The van der Waals surface area contributed by atoms with Crippen LogP contribution in [0.5, 0.6) is 5.75 Å². The van der Waals surface area contributed by atoms with Crippen LogP contribution in [0.3, 0.4) is 0 Å². The molecule has 3 aromatic carbocycles. The Labute approximate surface area is 306 Å². The molecule has 0 atom stereocenters. The largest absolute Gasteiger partial charge is 0.507 e. The van der Waals surface area contributed by atoms with Crippen LogP contribution in [0.4, 0.5) is 0 Å². The fraction of sp³-hybridized carbons (Fsp3) is 0.359. The third-order valence-corrected chi connectivity index (χ3v) is 11.2. The van der Waals surface area contributed by atoms with Crippen LogP contribution >= 0.6 is 23.4 Å². The number of aromatic nitrogens is 5. The summed E-state index contributed by atoms with van der Waals surface area (Å²) in [6, 6.07) is 17.8. The minimum atomic E-state index is -0.413. The number of aromatic hydroxyl groups is 1. The van der Waals surface area contributed by atoms with Gasteiger partial charge in [0.15, 0.2) is 0 Å². The average molecular weight is 727 g/mol. The topological polar surface area (TPSA) is 111 Å². The lowest BCUT2D eigenvalue weighted by Gasteiger charge is -2.18. The van der Waals surface area contributed by atoms with E-state index in [0.29, 0.717) is 42.5 Å². The second kappa shape index (κ2) is 14.7. The Balaban J connectivity index is 1.18. The van der Waals surface area contributed by atoms with Gasteiger partial charge in [-0.05, 0) is 80.9 Å². The fourth-order valence-corrected chi connectivity index (χ4v) is 8.74. The van der Waals surface area contributed by atoms with Crippen molar-refractivity contribution in [3.63, 3.8) is 0 Å². The summed E-state index contributed by atoms with van der Waals surface area (Å²) in [7, 11) is 5.45. The molecule has 51 heavy (non-hydrogen) atoms. The van der Waals surface area contributed by atoms with E-state index in [1.165, 1.54) is 7.11 Å². The highest BCUT2D eigenvalue weighted by atomic mass is 35.5. The van der Waals surface area contributed by atoms with E-state index in [2.05, 4.69) is 28.8 Å². The van der Waals surface area contributed by atoms with Crippen molar-refractivity contribution in [2.75, 3.05) is 20.8 Å². The summed E-state index contributed by atoms with van der Waals surface area (Å²) >= 11 is 8.79. The summed E-state index contributed by atoms with van der Waals surface area (Å²) in [6.07, 6.45) is 3.53. The number of aliphatic hydroxyl groups is 1. The molecule has 0 spiro atoms. The van der Waals surface area contributed by atoms with Gasteiger partial charge in [0.1, 0.15) is 11.4 Å². The number of nitrogens with zero attached hydrogens (tertiary/aromatic N) is 6. The number of thioether (sulfide) groups is 1. The Kier molecular flexibility index (Phi) is 10.2. The standard InChI is InChI=1S/C39H43ClN6O4S/c1-24-35-32(45(15-9-17-47)38(24)39(49)50-4)14-13-30(40)36(35)37-31(42-46-16-8-7-12-33(37)46)22-43(2)21-26-19-27(44(3)41-26)23-51-28-18-25-10-5-6-11-29(25)34(48)20-28/h5-6,10-11,13-14,18-20,47-48H,7-9,12,15-17,21-23H2,1-4H3. The molecule has 0 amide bonds. The molecule has 3 aromatic heterocycles. The molecule has 4 heterocycles. The number of hydrogen-bond donors (Lipinski definition) is 2. The predicted molar refractivity (Wildman–Crippen MR) is 202 cm³/mol. The number of benzene rings is 3. The minimum absolute atomic E-state index is 0.0127. The van der Waals surface area contributed by atoms with E-state index < -0.39 is 5.97 Å². The van der Waals surface area contributed by atoms with E-state index in [1.807, 2.05) is 65.7 Å². The zero-order valence-electron chi connectivity index (χ0n) is 29.4. The fourth-order valence-electron chi connectivity index (χ4n) is 7.50. The molecular formula is C39H43ClN6O4S. The second-order valence-corrected chi connectivity index (χ2v) is 14.8. The maximum atomic E-state index is 13.1. The first-order chi connectivity index (χ1) is 24.7. The molecule has 6 aromatic rings. The van der Waals surface area contributed by atoms with Crippen LogP contribution in [0.1, 0.15) is 58.1 Å². The smallest absolute Gasteiger partial charge is 0.354 e. The van der Waals surface area contributed by atoms with Gasteiger partial charge in [-0.3, -0.25) is 14.3 Å². The molecule has 0 bridgehead atoms. The van der Waals surface area contributed by atoms with Gasteiger partial charge in [0.25, 0.3) is 0 Å². The number of aliphatic hydroxyl groups excluding tert-OH is 1. The van der Waals surface area contributed by atoms with Crippen molar-refractivity contribution < 1.29 is 19.7 Å². The summed E-state index contributed by atoms with van der Waals surface area (Å²) in [5.74, 6) is 0.597. The van der Waals surface area contributed by atoms with Gasteiger partial charge < -0.3 is 19.5 Å². The molecule has 0 saturated heterocycles. The SMILES string of the molecule is COC(=O)c1c(C)c2c(-c3c(CN(C)Cc4cc(CSc5cc(O)c6ccccc6c5)n(C)n4)nn4c3CCCC4)c(Cl)ccc2n1CCCO. The average Bonchev–Trinajstić information content (AvgIpc) is 3.75. The summed E-state index contributed by atoms with van der Waals surface area (Å²) in [4.78, 5) is 16.3. The summed E-state index contributed by atoms with van der Waals surface area (Å²) in [5.41, 5.74) is 8.25. The van der Waals surface area contributed by atoms with Gasteiger partial charge in [0.2, 0.25) is 0 Å². The molecule has 12 heteroatoms. The van der Waals surface area contributed by atoms with Gasteiger partial charge in [-0.25, -0.2) is 4.79 Å². The molecule has 0 aliphatic carbocycles.